The number of pyridine rings is 1. The molecule has 2 rings (SSSR count). The van der Waals surface area contributed by atoms with Crippen LogP contribution in [0, 0.1) is 0 Å². The zero-order valence-corrected chi connectivity index (χ0v) is 7.96. The Bertz CT molecular complexity index is 297. The van der Waals surface area contributed by atoms with Crippen LogP contribution in [0.4, 0.5) is 5.82 Å². The maximum absolute atomic E-state index is 5.93. The summed E-state index contributed by atoms with van der Waals surface area (Å²) in [5.74, 6) is 0.765. The molecular formula is C9H12ClN3. The first-order valence-electron chi connectivity index (χ1n) is 4.38. The Morgan fingerprint density at radius 1 is 1.54 bits per heavy atom. The van der Waals surface area contributed by atoms with Gasteiger partial charge in [0.2, 0.25) is 0 Å². The zero-order valence-electron chi connectivity index (χ0n) is 7.20. The molecule has 4 heteroatoms. The highest BCUT2D eigenvalue weighted by atomic mass is 35.5. The van der Waals surface area contributed by atoms with Crippen LogP contribution in [-0.4, -0.2) is 17.1 Å². The molecule has 0 atom stereocenters. The van der Waals surface area contributed by atoms with E-state index in [4.69, 9.17) is 17.3 Å². The van der Waals surface area contributed by atoms with Gasteiger partial charge in [-0.15, -0.1) is 0 Å². The lowest BCUT2D eigenvalue weighted by Gasteiger charge is -2.33. The summed E-state index contributed by atoms with van der Waals surface area (Å²) in [4.78, 5) is 4.14. The van der Waals surface area contributed by atoms with E-state index >= 15 is 0 Å². The van der Waals surface area contributed by atoms with Crippen LogP contribution in [0.15, 0.2) is 18.3 Å². The predicted octanol–water partition coefficient (Wildman–Crippen LogP) is 1.64. The Morgan fingerprint density at radius 2 is 2.31 bits per heavy atom. The van der Waals surface area contributed by atoms with E-state index in [1.807, 2.05) is 12.1 Å². The average Bonchev–Trinajstić information content (AvgIpc) is 2.06. The minimum atomic E-state index is 0.347. The Kier molecular flexibility index (Phi) is 2.38. The number of anilines is 1. The van der Waals surface area contributed by atoms with Crippen molar-refractivity contribution in [1.82, 2.24) is 4.98 Å². The quantitative estimate of drug-likeness (QED) is 0.758. The lowest BCUT2D eigenvalue weighted by molar-refractivity contribution is 0.373. The number of hydrogen-bond acceptors (Lipinski definition) is 3. The van der Waals surface area contributed by atoms with Gasteiger partial charge in [0.1, 0.15) is 5.82 Å². The summed E-state index contributed by atoms with van der Waals surface area (Å²) in [6.45, 7) is 0. The van der Waals surface area contributed by atoms with Gasteiger partial charge in [-0.2, -0.15) is 0 Å². The highest BCUT2D eigenvalue weighted by Crippen LogP contribution is 2.25. The summed E-state index contributed by atoms with van der Waals surface area (Å²) < 4.78 is 0. The van der Waals surface area contributed by atoms with Crippen molar-refractivity contribution in [3.05, 3.63) is 23.4 Å². The van der Waals surface area contributed by atoms with Crippen molar-refractivity contribution in [2.24, 2.45) is 5.73 Å². The van der Waals surface area contributed by atoms with E-state index < -0.39 is 0 Å². The third-order valence-corrected chi connectivity index (χ3v) is 2.58. The number of aromatic nitrogens is 1. The zero-order chi connectivity index (χ0) is 9.26. The first-order valence-corrected chi connectivity index (χ1v) is 4.76. The van der Waals surface area contributed by atoms with Crippen LogP contribution in [0.1, 0.15) is 12.8 Å². The molecule has 0 amide bonds. The minimum absolute atomic E-state index is 0.347. The molecule has 0 unspecified atom stereocenters. The van der Waals surface area contributed by atoms with Crippen LogP contribution >= 0.6 is 11.6 Å². The van der Waals surface area contributed by atoms with E-state index in [0.717, 1.165) is 18.7 Å². The average molecular weight is 198 g/mol. The molecule has 0 aromatic carbocycles. The van der Waals surface area contributed by atoms with Crippen LogP contribution in [0.25, 0.3) is 0 Å². The summed E-state index contributed by atoms with van der Waals surface area (Å²) >= 11 is 5.93. The number of nitrogens with two attached hydrogens (primary N) is 1. The molecule has 1 aromatic heterocycles. The van der Waals surface area contributed by atoms with E-state index in [1.54, 1.807) is 6.20 Å². The molecular weight excluding hydrogens is 186 g/mol. The predicted molar refractivity (Wildman–Crippen MR) is 53.9 cm³/mol. The van der Waals surface area contributed by atoms with Crippen molar-refractivity contribution in [3.63, 3.8) is 0 Å². The van der Waals surface area contributed by atoms with Gasteiger partial charge in [-0.3, -0.25) is 0 Å². The molecule has 1 heterocycles. The molecule has 1 aliphatic rings. The van der Waals surface area contributed by atoms with E-state index in [1.165, 1.54) is 0 Å². The fraction of sp³-hybridized carbons (Fsp3) is 0.444. The van der Waals surface area contributed by atoms with Gasteiger partial charge >= 0.3 is 0 Å². The van der Waals surface area contributed by atoms with Crippen LogP contribution in [0.3, 0.4) is 0 Å². The maximum Gasteiger partial charge on any atom is 0.144 e. The summed E-state index contributed by atoms with van der Waals surface area (Å²) in [5, 5.41) is 3.92. The van der Waals surface area contributed by atoms with Gasteiger partial charge in [-0.1, -0.05) is 11.6 Å². The molecule has 1 fully saturated rings. The molecule has 0 radical (unpaired) electrons. The molecule has 0 spiro atoms. The van der Waals surface area contributed by atoms with Crippen molar-refractivity contribution in [3.8, 4) is 0 Å². The third kappa shape index (κ3) is 1.92. The van der Waals surface area contributed by atoms with Gasteiger partial charge in [0.05, 0.1) is 5.02 Å². The fourth-order valence-corrected chi connectivity index (χ4v) is 1.64. The lowest BCUT2D eigenvalue weighted by Crippen LogP contribution is -2.44. The van der Waals surface area contributed by atoms with E-state index in [-0.39, 0.29) is 0 Å². The molecule has 0 bridgehead atoms. The van der Waals surface area contributed by atoms with Crippen LogP contribution in [0.2, 0.25) is 5.02 Å². The number of nitrogens with one attached hydrogen (secondary N) is 1. The maximum atomic E-state index is 5.93. The Balaban J connectivity index is 1.98. The van der Waals surface area contributed by atoms with E-state index in [0.29, 0.717) is 17.1 Å². The molecule has 1 saturated carbocycles. The van der Waals surface area contributed by atoms with Crippen LogP contribution in [0.5, 0.6) is 0 Å². The Labute approximate surface area is 82.3 Å². The Morgan fingerprint density at radius 3 is 2.92 bits per heavy atom. The van der Waals surface area contributed by atoms with Crippen molar-refractivity contribution in [1.29, 1.82) is 0 Å². The third-order valence-electron chi connectivity index (χ3n) is 2.27. The van der Waals surface area contributed by atoms with Gasteiger partial charge in [0.15, 0.2) is 0 Å². The van der Waals surface area contributed by atoms with Crippen LogP contribution in [-0.2, 0) is 0 Å². The number of rotatable bonds is 2. The second-order valence-corrected chi connectivity index (χ2v) is 3.81. The standard InChI is InChI=1S/C9H12ClN3/c10-8-2-1-3-12-9(8)13-7-4-6(11)5-7/h1-3,6-7H,4-5,11H2,(H,12,13). The summed E-state index contributed by atoms with van der Waals surface area (Å²) in [5.41, 5.74) is 5.67. The van der Waals surface area contributed by atoms with Crippen molar-refractivity contribution in [2.75, 3.05) is 5.32 Å². The van der Waals surface area contributed by atoms with Crippen LogP contribution < -0.4 is 11.1 Å². The summed E-state index contributed by atoms with van der Waals surface area (Å²) in [7, 11) is 0. The molecule has 3 N–H and O–H groups in total. The molecule has 1 aliphatic carbocycles. The molecule has 70 valence electrons. The highest BCUT2D eigenvalue weighted by Gasteiger charge is 2.26. The second-order valence-electron chi connectivity index (χ2n) is 3.41. The van der Waals surface area contributed by atoms with E-state index in [2.05, 4.69) is 10.3 Å². The largest absolute Gasteiger partial charge is 0.366 e. The first kappa shape index (κ1) is 8.78. The number of nitrogens with zero attached hydrogens (tertiary/aromatic N) is 1. The molecule has 1 aromatic rings. The van der Waals surface area contributed by atoms with Gasteiger partial charge in [0, 0.05) is 18.3 Å². The summed E-state index contributed by atoms with van der Waals surface area (Å²) in [6, 6.07) is 4.44. The van der Waals surface area contributed by atoms with Gasteiger partial charge in [0.25, 0.3) is 0 Å². The van der Waals surface area contributed by atoms with Crippen molar-refractivity contribution < 1.29 is 0 Å². The lowest BCUT2D eigenvalue weighted by atomic mass is 9.88. The topological polar surface area (TPSA) is 50.9 Å². The number of halogens is 1. The normalized spacial score (nSPS) is 26.6. The molecule has 0 saturated heterocycles. The van der Waals surface area contributed by atoms with Gasteiger partial charge < -0.3 is 11.1 Å². The SMILES string of the molecule is NC1CC(Nc2ncccc2Cl)C1. The molecule has 3 nitrogen and oxygen atoms in total. The minimum Gasteiger partial charge on any atom is -0.366 e. The van der Waals surface area contributed by atoms with Gasteiger partial charge in [-0.05, 0) is 25.0 Å². The highest BCUT2D eigenvalue weighted by molar-refractivity contribution is 6.32. The molecule has 0 aliphatic heterocycles. The van der Waals surface area contributed by atoms with E-state index in [9.17, 15) is 0 Å². The molecule has 13 heavy (non-hydrogen) atoms. The van der Waals surface area contributed by atoms with Crippen molar-refractivity contribution in [2.45, 2.75) is 24.9 Å². The number of hydrogen-bond donors (Lipinski definition) is 2. The first-order chi connectivity index (χ1) is 6.25. The van der Waals surface area contributed by atoms with Gasteiger partial charge in [-0.25, -0.2) is 4.98 Å². The summed E-state index contributed by atoms with van der Waals surface area (Å²) in [6.07, 6.45) is 3.74. The fourth-order valence-electron chi connectivity index (χ4n) is 1.46. The Hall–Kier alpha value is -0.800. The monoisotopic (exact) mass is 197 g/mol. The van der Waals surface area contributed by atoms with Crippen molar-refractivity contribution >= 4 is 17.4 Å². The smallest absolute Gasteiger partial charge is 0.144 e. The second kappa shape index (κ2) is 3.52.